The number of hydrogen-bond donors (Lipinski definition) is 2. The van der Waals surface area contributed by atoms with Gasteiger partial charge in [0.25, 0.3) is 0 Å². The van der Waals surface area contributed by atoms with Gasteiger partial charge in [-0.15, -0.1) is 0 Å². The highest BCUT2D eigenvalue weighted by Crippen LogP contribution is 2.30. The van der Waals surface area contributed by atoms with E-state index in [9.17, 15) is 4.79 Å². The Morgan fingerprint density at radius 2 is 2.08 bits per heavy atom. The van der Waals surface area contributed by atoms with Gasteiger partial charge in [0.2, 0.25) is 0 Å². The van der Waals surface area contributed by atoms with Crippen LogP contribution in [-0.4, -0.2) is 41.8 Å². The van der Waals surface area contributed by atoms with E-state index in [1.54, 1.807) is 6.07 Å². The summed E-state index contributed by atoms with van der Waals surface area (Å²) >= 11 is 3.46. The average Bonchev–Trinajstić information content (AvgIpc) is 2.63. The van der Waals surface area contributed by atoms with Crippen LogP contribution in [0.3, 0.4) is 0 Å². The summed E-state index contributed by atoms with van der Waals surface area (Å²) in [6.07, 6.45) is 7.47. The maximum absolute atomic E-state index is 12.1. The van der Waals surface area contributed by atoms with Crippen LogP contribution in [0.2, 0.25) is 0 Å². The van der Waals surface area contributed by atoms with E-state index in [-0.39, 0.29) is 13.2 Å². The Labute approximate surface area is 158 Å². The molecule has 0 aliphatic heterocycles. The van der Waals surface area contributed by atoms with Gasteiger partial charge in [-0.25, -0.2) is 4.79 Å². The number of hydrogen-bond acceptors (Lipinski definition) is 5. The summed E-state index contributed by atoms with van der Waals surface area (Å²) in [5.74, 6) is -0.435. The molecule has 0 unspecified atom stereocenters. The quantitative estimate of drug-likeness (QED) is 0.502. The number of ether oxygens (including phenoxy) is 1. The topological polar surface area (TPSA) is 75.8 Å². The molecule has 0 saturated heterocycles. The van der Waals surface area contributed by atoms with Gasteiger partial charge in [0.05, 0.1) is 17.9 Å². The van der Waals surface area contributed by atoms with Crippen LogP contribution in [0.1, 0.15) is 61.4 Å². The number of anilines is 1. The smallest absolute Gasteiger partial charge is 0.338 e. The van der Waals surface area contributed by atoms with Crippen molar-refractivity contribution in [3.05, 3.63) is 27.7 Å². The Kier molecular flexibility index (Phi) is 8.19. The average molecular weight is 413 g/mol. The van der Waals surface area contributed by atoms with Crippen LogP contribution in [0.5, 0.6) is 0 Å². The summed E-state index contributed by atoms with van der Waals surface area (Å²) in [5.41, 5.74) is 8.35. The summed E-state index contributed by atoms with van der Waals surface area (Å²) in [6.45, 7) is 3.78. The highest BCUT2D eigenvalue weighted by molar-refractivity contribution is 9.10. The number of carbonyl (C=O) groups is 1. The number of rotatable bonds is 8. The molecule has 0 atom stereocenters. The maximum atomic E-state index is 12.1. The number of aliphatic hydroxyl groups excluding tert-OH is 1. The first-order chi connectivity index (χ1) is 12.1. The molecular formula is C19H29BrN2O3. The van der Waals surface area contributed by atoms with E-state index in [1.165, 1.54) is 32.1 Å². The Bertz CT molecular complexity index is 574. The van der Waals surface area contributed by atoms with Gasteiger partial charge < -0.3 is 15.6 Å². The highest BCUT2D eigenvalue weighted by Gasteiger charge is 2.22. The predicted molar refractivity (Wildman–Crippen MR) is 103 cm³/mol. The Morgan fingerprint density at radius 1 is 1.36 bits per heavy atom. The van der Waals surface area contributed by atoms with Gasteiger partial charge in [-0.1, -0.05) is 26.2 Å². The molecule has 2 rings (SSSR count). The molecule has 0 spiro atoms. The molecule has 0 radical (unpaired) electrons. The molecule has 1 aromatic carbocycles. The molecule has 1 saturated carbocycles. The highest BCUT2D eigenvalue weighted by atomic mass is 79.9. The molecule has 1 aromatic rings. The van der Waals surface area contributed by atoms with Gasteiger partial charge in [-0.05, 0) is 59.4 Å². The third kappa shape index (κ3) is 5.69. The standard InChI is InChI=1S/C19H29BrN2O3/c1-2-8-22(16-6-4-3-5-7-16)13-15-11-14(12-17(20)18(15)21)19(24)25-10-9-23/h11-12,16,23H,2-10,13,21H2,1H3. The van der Waals surface area contributed by atoms with E-state index >= 15 is 0 Å². The zero-order valence-corrected chi connectivity index (χ0v) is 16.6. The lowest BCUT2D eigenvalue weighted by Gasteiger charge is -2.34. The molecule has 0 amide bonds. The van der Waals surface area contributed by atoms with Crippen molar-refractivity contribution in [3.8, 4) is 0 Å². The zero-order chi connectivity index (χ0) is 18.2. The van der Waals surface area contributed by atoms with Crippen LogP contribution < -0.4 is 5.73 Å². The van der Waals surface area contributed by atoms with Crippen LogP contribution in [0, 0.1) is 0 Å². The van der Waals surface area contributed by atoms with E-state index in [4.69, 9.17) is 15.6 Å². The van der Waals surface area contributed by atoms with Gasteiger partial charge in [-0.2, -0.15) is 0 Å². The largest absolute Gasteiger partial charge is 0.460 e. The van der Waals surface area contributed by atoms with Crippen molar-refractivity contribution in [3.63, 3.8) is 0 Å². The SMILES string of the molecule is CCCN(Cc1cc(C(=O)OCCO)cc(Br)c1N)C1CCCCC1. The van der Waals surface area contributed by atoms with Crippen LogP contribution in [-0.2, 0) is 11.3 Å². The van der Waals surface area contributed by atoms with Gasteiger partial charge in [0, 0.05) is 17.1 Å². The second-order valence-corrected chi connectivity index (χ2v) is 7.51. The number of nitrogens with two attached hydrogens (primary N) is 1. The van der Waals surface area contributed by atoms with Crippen molar-refractivity contribution >= 4 is 27.6 Å². The Morgan fingerprint density at radius 3 is 2.72 bits per heavy atom. The van der Waals surface area contributed by atoms with Crippen molar-refractivity contribution in [2.75, 3.05) is 25.5 Å². The van der Waals surface area contributed by atoms with Crippen LogP contribution in [0.25, 0.3) is 0 Å². The van der Waals surface area contributed by atoms with Crippen molar-refractivity contribution in [1.82, 2.24) is 4.90 Å². The summed E-state index contributed by atoms with van der Waals surface area (Å²) < 4.78 is 5.74. The molecule has 0 bridgehead atoms. The monoisotopic (exact) mass is 412 g/mol. The second-order valence-electron chi connectivity index (χ2n) is 6.65. The normalized spacial score (nSPS) is 15.5. The molecule has 25 heavy (non-hydrogen) atoms. The minimum Gasteiger partial charge on any atom is -0.460 e. The summed E-state index contributed by atoms with van der Waals surface area (Å²) in [7, 11) is 0. The fraction of sp³-hybridized carbons (Fsp3) is 0.632. The van der Waals surface area contributed by atoms with Gasteiger partial charge in [-0.3, -0.25) is 4.90 Å². The summed E-state index contributed by atoms with van der Waals surface area (Å²) in [5, 5.41) is 8.82. The van der Waals surface area contributed by atoms with E-state index < -0.39 is 5.97 Å². The molecule has 0 aromatic heterocycles. The molecule has 3 N–H and O–H groups in total. The number of halogens is 1. The van der Waals surface area contributed by atoms with Gasteiger partial charge in [0.15, 0.2) is 0 Å². The van der Waals surface area contributed by atoms with Crippen molar-refractivity contribution in [2.45, 2.75) is 58.0 Å². The number of nitrogen functional groups attached to an aromatic ring is 1. The van der Waals surface area contributed by atoms with E-state index in [0.29, 0.717) is 21.8 Å². The van der Waals surface area contributed by atoms with E-state index in [0.717, 1.165) is 25.1 Å². The molecule has 1 aliphatic rings. The Balaban J connectivity index is 2.20. The van der Waals surface area contributed by atoms with Crippen molar-refractivity contribution in [1.29, 1.82) is 0 Å². The fourth-order valence-corrected chi connectivity index (χ4v) is 3.99. The number of benzene rings is 1. The molecular weight excluding hydrogens is 384 g/mol. The van der Waals surface area contributed by atoms with Gasteiger partial charge >= 0.3 is 5.97 Å². The summed E-state index contributed by atoms with van der Waals surface area (Å²) in [4.78, 5) is 14.6. The Hall–Kier alpha value is -1.11. The lowest BCUT2D eigenvalue weighted by Crippen LogP contribution is -2.37. The molecule has 6 heteroatoms. The van der Waals surface area contributed by atoms with Crippen LogP contribution >= 0.6 is 15.9 Å². The third-order valence-electron chi connectivity index (χ3n) is 4.75. The predicted octanol–water partition coefficient (Wildman–Crippen LogP) is 3.73. The third-order valence-corrected chi connectivity index (χ3v) is 5.41. The first kappa shape index (κ1) is 20.2. The minimum absolute atomic E-state index is 0.000194. The molecule has 1 fully saturated rings. The molecule has 0 heterocycles. The number of nitrogens with zero attached hydrogens (tertiary/aromatic N) is 1. The number of esters is 1. The van der Waals surface area contributed by atoms with Crippen LogP contribution in [0.4, 0.5) is 5.69 Å². The lowest BCUT2D eigenvalue weighted by molar-refractivity contribution is 0.0433. The van der Waals surface area contributed by atoms with Crippen LogP contribution in [0.15, 0.2) is 16.6 Å². The van der Waals surface area contributed by atoms with E-state index in [2.05, 4.69) is 27.8 Å². The zero-order valence-electron chi connectivity index (χ0n) is 15.0. The van der Waals surface area contributed by atoms with E-state index in [1.807, 2.05) is 6.07 Å². The molecule has 5 nitrogen and oxygen atoms in total. The second kappa shape index (κ2) is 10.1. The number of aliphatic hydroxyl groups is 1. The number of carbonyl (C=O) groups excluding carboxylic acids is 1. The molecule has 140 valence electrons. The first-order valence-electron chi connectivity index (χ1n) is 9.16. The first-order valence-corrected chi connectivity index (χ1v) is 9.96. The lowest BCUT2D eigenvalue weighted by atomic mass is 9.93. The molecule has 1 aliphatic carbocycles. The van der Waals surface area contributed by atoms with Crippen molar-refractivity contribution < 1.29 is 14.6 Å². The minimum atomic E-state index is -0.435. The van der Waals surface area contributed by atoms with Crippen molar-refractivity contribution in [2.24, 2.45) is 0 Å². The maximum Gasteiger partial charge on any atom is 0.338 e. The summed E-state index contributed by atoms with van der Waals surface area (Å²) in [6, 6.07) is 4.10. The fourth-order valence-electron chi connectivity index (χ4n) is 3.49. The van der Waals surface area contributed by atoms with Gasteiger partial charge in [0.1, 0.15) is 6.61 Å².